The first-order chi connectivity index (χ1) is 8.06. The van der Waals surface area contributed by atoms with Crippen LogP contribution in [0.15, 0.2) is 18.2 Å². The minimum atomic E-state index is -0.408. The maximum atomic E-state index is 10.9. The van der Waals surface area contributed by atoms with Gasteiger partial charge in [0.15, 0.2) is 5.75 Å². The largest absolute Gasteiger partial charge is 0.486 e. The molecule has 0 unspecified atom stereocenters. The molecule has 0 atom stereocenters. The van der Waals surface area contributed by atoms with Gasteiger partial charge in [0.2, 0.25) is 0 Å². The Labute approximate surface area is 106 Å². The Hall–Kier alpha value is -1.23. The molecular formula is C12H15NO3S. The van der Waals surface area contributed by atoms with Crippen molar-refractivity contribution in [2.45, 2.75) is 19.8 Å². The third-order valence-electron chi connectivity index (χ3n) is 3.14. The monoisotopic (exact) mass is 253 g/mol. The number of hydrogen-bond donors (Lipinski definition) is 1. The van der Waals surface area contributed by atoms with Crippen molar-refractivity contribution in [3.63, 3.8) is 0 Å². The van der Waals surface area contributed by atoms with E-state index in [-0.39, 0.29) is 11.1 Å². The average Bonchev–Trinajstić information content (AvgIpc) is 3.07. The lowest BCUT2D eigenvalue weighted by Crippen LogP contribution is -2.15. The van der Waals surface area contributed by atoms with E-state index in [0.29, 0.717) is 12.4 Å². The van der Waals surface area contributed by atoms with Gasteiger partial charge in [-0.2, -0.15) is 12.6 Å². The molecule has 0 heterocycles. The highest BCUT2D eigenvalue weighted by atomic mass is 32.1. The second-order valence-electron chi connectivity index (χ2n) is 4.68. The van der Waals surface area contributed by atoms with E-state index in [1.54, 1.807) is 12.1 Å². The van der Waals surface area contributed by atoms with Gasteiger partial charge in [0, 0.05) is 11.5 Å². The summed E-state index contributed by atoms with van der Waals surface area (Å²) in [5.74, 6) is 1.13. The van der Waals surface area contributed by atoms with Crippen LogP contribution >= 0.6 is 12.6 Å². The van der Waals surface area contributed by atoms with E-state index in [4.69, 9.17) is 4.74 Å². The molecule has 1 aliphatic carbocycles. The zero-order valence-corrected chi connectivity index (χ0v) is 10.6. The van der Waals surface area contributed by atoms with Gasteiger partial charge in [0.25, 0.3) is 0 Å². The van der Waals surface area contributed by atoms with Gasteiger partial charge in [-0.3, -0.25) is 10.1 Å². The molecule has 5 heteroatoms. The topological polar surface area (TPSA) is 52.4 Å². The number of benzene rings is 1. The van der Waals surface area contributed by atoms with E-state index in [9.17, 15) is 10.1 Å². The molecule has 2 rings (SSSR count). The van der Waals surface area contributed by atoms with Gasteiger partial charge in [0.1, 0.15) is 0 Å². The van der Waals surface area contributed by atoms with Crippen molar-refractivity contribution in [3.05, 3.63) is 33.9 Å². The Kier molecular flexibility index (Phi) is 3.28. The maximum absolute atomic E-state index is 10.9. The Morgan fingerprint density at radius 2 is 2.24 bits per heavy atom. The fourth-order valence-electron chi connectivity index (χ4n) is 1.64. The Bertz CT molecular complexity index is 443. The fourth-order valence-corrected chi connectivity index (χ4v) is 2.05. The van der Waals surface area contributed by atoms with Crippen LogP contribution in [0.4, 0.5) is 5.69 Å². The molecule has 1 aromatic rings. The molecule has 0 amide bonds. The van der Waals surface area contributed by atoms with E-state index in [2.05, 4.69) is 12.6 Å². The van der Waals surface area contributed by atoms with E-state index in [1.165, 1.54) is 6.07 Å². The van der Waals surface area contributed by atoms with Crippen molar-refractivity contribution in [2.24, 2.45) is 5.41 Å². The predicted octanol–water partition coefficient (Wildman–Crippen LogP) is 2.99. The number of nitrogens with zero attached hydrogens (tertiary/aromatic N) is 1. The Morgan fingerprint density at radius 3 is 2.76 bits per heavy atom. The fraction of sp³-hybridized carbons (Fsp3) is 0.500. The van der Waals surface area contributed by atoms with Crippen LogP contribution in [0.2, 0.25) is 0 Å². The van der Waals surface area contributed by atoms with Crippen molar-refractivity contribution in [3.8, 4) is 5.75 Å². The zero-order valence-electron chi connectivity index (χ0n) is 9.68. The number of rotatable bonds is 5. The highest BCUT2D eigenvalue weighted by Crippen LogP contribution is 2.47. The third-order valence-corrected chi connectivity index (χ3v) is 3.81. The molecule has 0 spiro atoms. The molecule has 0 saturated heterocycles. The van der Waals surface area contributed by atoms with Crippen LogP contribution in [0.5, 0.6) is 5.75 Å². The Morgan fingerprint density at radius 1 is 1.53 bits per heavy atom. The van der Waals surface area contributed by atoms with Gasteiger partial charge in [-0.25, -0.2) is 0 Å². The van der Waals surface area contributed by atoms with E-state index < -0.39 is 4.92 Å². The van der Waals surface area contributed by atoms with Crippen LogP contribution in [-0.2, 0) is 0 Å². The number of nitro groups is 1. The molecule has 92 valence electrons. The van der Waals surface area contributed by atoms with Gasteiger partial charge in [-0.15, -0.1) is 0 Å². The van der Waals surface area contributed by atoms with Crippen LogP contribution in [0.3, 0.4) is 0 Å². The highest BCUT2D eigenvalue weighted by molar-refractivity contribution is 7.80. The predicted molar refractivity (Wildman–Crippen MR) is 68.8 cm³/mol. The van der Waals surface area contributed by atoms with Crippen LogP contribution in [0.1, 0.15) is 18.4 Å². The van der Waals surface area contributed by atoms with Gasteiger partial charge in [-0.1, -0.05) is 6.07 Å². The van der Waals surface area contributed by atoms with Gasteiger partial charge in [0.05, 0.1) is 11.5 Å². The first kappa shape index (κ1) is 12.2. The number of nitro benzene ring substituents is 1. The molecule has 0 radical (unpaired) electrons. The first-order valence-corrected chi connectivity index (χ1v) is 6.18. The molecule has 1 fully saturated rings. The van der Waals surface area contributed by atoms with Crippen LogP contribution in [-0.4, -0.2) is 17.3 Å². The average molecular weight is 253 g/mol. The van der Waals surface area contributed by atoms with E-state index in [1.807, 2.05) is 6.92 Å². The summed E-state index contributed by atoms with van der Waals surface area (Å²) in [6.45, 7) is 2.41. The lowest BCUT2D eigenvalue weighted by Gasteiger charge is -2.13. The highest BCUT2D eigenvalue weighted by Gasteiger charge is 2.42. The lowest BCUT2D eigenvalue weighted by atomic mass is 10.1. The molecule has 17 heavy (non-hydrogen) atoms. The molecule has 4 nitrogen and oxygen atoms in total. The van der Waals surface area contributed by atoms with Crippen molar-refractivity contribution < 1.29 is 9.66 Å². The van der Waals surface area contributed by atoms with Gasteiger partial charge >= 0.3 is 5.69 Å². The smallest absolute Gasteiger partial charge is 0.310 e. The normalized spacial score (nSPS) is 16.6. The van der Waals surface area contributed by atoms with Crippen LogP contribution < -0.4 is 4.74 Å². The number of hydrogen-bond acceptors (Lipinski definition) is 4. The number of ether oxygens (including phenoxy) is 1. The van der Waals surface area contributed by atoms with E-state index in [0.717, 1.165) is 24.2 Å². The second-order valence-corrected chi connectivity index (χ2v) is 4.99. The summed E-state index contributed by atoms with van der Waals surface area (Å²) in [4.78, 5) is 10.4. The quantitative estimate of drug-likeness (QED) is 0.498. The standard InChI is InChI=1S/C12H15NO3S/c1-9-2-3-10(13(14)15)11(6-9)16-7-12(8-17)4-5-12/h2-3,6,17H,4-5,7-8H2,1H3. The summed E-state index contributed by atoms with van der Waals surface area (Å²) in [6.07, 6.45) is 2.19. The second kappa shape index (κ2) is 4.56. The summed E-state index contributed by atoms with van der Waals surface area (Å²) < 4.78 is 5.61. The van der Waals surface area contributed by atoms with Gasteiger partial charge < -0.3 is 4.74 Å². The summed E-state index contributed by atoms with van der Waals surface area (Å²) in [6, 6.07) is 4.92. The molecular weight excluding hydrogens is 238 g/mol. The van der Waals surface area contributed by atoms with Crippen molar-refractivity contribution in [2.75, 3.05) is 12.4 Å². The minimum absolute atomic E-state index is 0.0329. The van der Waals surface area contributed by atoms with Crippen molar-refractivity contribution in [1.82, 2.24) is 0 Å². The molecule has 0 bridgehead atoms. The summed E-state index contributed by atoms with van der Waals surface area (Å²) >= 11 is 4.28. The SMILES string of the molecule is Cc1ccc([N+](=O)[O-])c(OCC2(CS)CC2)c1. The van der Waals surface area contributed by atoms with Gasteiger partial charge in [-0.05, 0) is 37.1 Å². The maximum Gasteiger partial charge on any atom is 0.310 e. The van der Waals surface area contributed by atoms with Crippen LogP contribution in [0, 0.1) is 22.5 Å². The van der Waals surface area contributed by atoms with Crippen molar-refractivity contribution >= 4 is 18.3 Å². The number of aryl methyl sites for hydroxylation is 1. The molecule has 0 N–H and O–H groups in total. The minimum Gasteiger partial charge on any atom is -0.486 e. The summed E-state index contributed by atoms with van der Waals surface area (Å²) in [5.41, 5.74) is 1.13. The molecule has 0 aromatic heterocycles. The Balaban J connectivity index is 2.13. The summed E-state index contributed by atoms with van der Waals surface area (Å²) in [5, 5.41) is 10.9. The molecule has 1 saturated carbocycles. The lowest BCUT2D eigenvalue weighted by molar-refractivity contribution is -0.385. The van der Waals surface area contributed by atoms with Crippen LogP contribution in [0.25, 0.3) is 0 Å². The van der Waals surface area contributed by atoms with Crippen molar-refractivity contribution in [1.29, 1.82) is 0 Å². The number of thiol groups is 1. The molecule has 1 aromatic carbocycles. The first-order valence-electron chi connectivity index (χ1n) is 5.55. The molecule has 0 aliphatic heterocycles. The molecule has 1 aliphatic rings. The third kappa shape index (κ3) is 2.72. The summed E-state index contributed by atoms with van der Waals surface area (Å²) in [7, 11) is 0. The van der Waals surface area contributed by atoms with E-state index >= 15 is 0 Å². The zero-order chi connectivity index (χ0) is 12.5.